The van der Waals surface area contributed by atoms with E-state index in [0.717, 1.165) is 24.0 Å². The fraction of sp³-hybridized carbons (Fsp3) is 0.462. The molecule has 0 heterocycles. The maximum Gasteiger partial charge on any atom is 0.338 e. The topological polar surface area (TPSA) is 61.5 Å². The van der Waals surface area contributed by atoms with Crippen molar-refractivity contribution in [3.05, 3.63) is 28.8 Å². The molecule has 0 aliphatic heterocycles. The van der Waals surface area contributed by atoms with Gasteiger partial charge in [0.05, 0.1) is 19.3 Å². The molecule has 17 heavy (non-hydrogen) atoms. The molecular formula is C13H17NO3. The summed E-state index contributed by atoms with van der Waals surface area (Å²) in [5.41, 5.74) is 8.62. The van der Waals surface area contributed by atoms with Crippen LogP contribution in [0.1, 0.15) is 28.4 Å². The molecule has 4 heteroatoms. The van der Waals surface area contributed by atoms with E-state index in [0.29, 0.717) is 17.9 Å². The van der Waals surface area contributed by atoms with Crippen LogP contribution >= 0.6 is 0 Å². The van der Waals surface area contributed by atoms with Crippen molar-refractivity contribution in [1.82, 2.24) is 0 Å². The van der Waals surface area contributed by atoms with Crippen molar-refractivity contribution in [2.24, 2.45) is 5.73 Å². The van der Waals surface area contributed by atoms with Crippen molar-refractivity contribution in [3.63, 3.8) is 0 Å². The quantitative estimate of drug-likeness (QED) is 0.802. The van der Waals surface area contributed by atoms with Crippen LogP contribution in [0.5, 0.6) is 5.75 Å². The van der Waals surface area contributed by atoms with E-state index >= 15 is 0 Å². The minimum absolute atomic E-state index is 0.0882. The summed E-state index contributed by atoms with van der Waals surface area (Å²) in [5.74, 6) is 0.387. The van der Waals surface area contributed by atoms with Crippen molar-refractivity contribution < 1.29 is 14.3 Å². The van der Waals surface area contributed by atoms with Crippen molar-refractivity contribution in [2.75, 3.05) is 13.7 Å². The van der Waals surface area contributed by atoms with Gasteiger partial charge in [0, 0.05) is 6.04 Å². The molecule has 0 radical (unpaired) electrons. The maximum absolute atomic E-state index is 11.7. The summed E-state index contributed by atoms with van der Waals surface area (Å²) in [6.07, 6.45) is 1.52. The van der Waals surface area contributed by atoms with Crippen molar-refractivity contribution in [2.45, 2.75) is 25.8 Å². The molecule has 1 aromatic rings. The molecule has 0 spiro atoms. The lowest BCUT2D eigenvalue weighted by atomic mass is 10.0. The Kier molecular flexibility index (Phi) is 3.33. The molecule has 0 saturated heterocycles. The van der Waals surface area contributed by atoms with Crippen LogP contribution in [0, 0.1) is 0 Å². The molecule has 4 nitrogen and oxygen atoms in total. The van der Waals surface area contributed by atoms with Crippen LogP contribution in [0.3, 0.4) is 0 Å². The molecule has 0 saturated carbocycles. The Morgan fingerprint density at radius 3 is 2.88 bits per heavy atom. The van der Waals surface area contributed by atoms with Gasteiger partial charge in [0.15, 0.2) is 0 Å². The normalized spacial score (nSPS) is 17.7. The zero-order chi connectivity index (χ0) is 12.4. The number of rotatable bonds is 3. The fourth-order valence-electron chi connectivity index (χ4n) is 2.28. The van der Waals surface area contributed by atoms with Crippen LogP contribution in [-0.4, -0.2) is 25.7 Å². The van der Waals surface area contributed by atoms with Gasteiger partial charge in [-0.05, 0) is 43.0 Å². The number of methoxy groups -OCH3 is 1. The lowest BCUT2D eigenvalue weighted by Gasteiger charge is -2.10. The standard InChI is InChI=1S/C13H17NO3/c1-3-17-10-5-8-4-9(14)6-11(8)12(7-10)13(15)16-2/h5,7,9H,3-4,6,14H2,1-2H3. The first-order valence-electron chi connectivity index (χ1n) is 5.78. The molecule has 2 rings (SSSR count). The predicted molar refractivity (Wildman–Crippen MR) is 64.3 cm³/mol. The second-order valence-electron chi connectivity index (χ2n) is 4.20. The third-order valence-corrected chi connectivity index (χ3v) is 2.98. The van der Waals surface area contributed by atoms with E-state index in [1.165, 1.54) is 7.11 Å². The van der Waals surface area contributed by atoms with Crippen molar-refractivity contribution in [1.29, 1.82) is 0 Å². The molecule has 0 bridgehead atoms. The van der Waals surface area contributed by atoms with E-state index < -0.39 is 0 Å². The van der Waals surface area contributed by atoms with Gasteiger partial charge in [0.1, 0.15) is 5.75 Å². The van der Waals surface area contributed by atoms with Crippen LogP contribution in [0.4, 0.5) is 0 Å². The molecule has 2 N–H and O–H groups in total. The molecule has 1 aromatic carbocycles. The Morgan fingerprint density at radius 2 is 2.24 bits per heavy atom. The molecule has 0 fully saturated rings. The molecular weight excluding hydrogens is 218 g/mol. The smallest absolute Gasteiger partial charge is 0.338 e. The van der Waals surface area contributed by atoms with Crippen LogP contribution in [-0.2, 0) is 17.6 Å². The third-order valence-electron chi connectivity index (χ3n) is 2.98. The Bertz CT molecular complexity index is 443. The van der Waals surface area contributed by atoms with Gasteiger partial charge in [-0.25, -0.2) is 4.79 Å². The number of carbonyl (C=O) groups excluding carboxylic acids is 1. The Hall–Kier alpha value is -1.55. The molecule has 1 aliphatic rings. The largest absolute Gasteiger partial charge is 0.494 e. The molecule has 1 unspecified atom stereocenters. The number of hydrogen-bond acceptors (Lipinski definition) is 4. The van der Waals surface area contributed by atoms with E-state index in [4.69, 9.17) is 15.2 Å². The summed E-state index contributed by atoms with van der Waals surface area (Å²) in [5, 5.41) is 0. The van der Waals surface area contributed by atoms with Crippen LogP contribution < -0.4 is 10.5 Å². The van der Waals surface area contributed by atoms with Crippen molar-refractivity contribution >= 4 is 5.97 Å². The maximum atomic E-state index is 11.7. The van der Waals surface area contributed by atoms with Gasteiger partial charge in [-0.3, -0.25) is 0 Å². The van der Waals surface area contributed by atoms with Crippen molar-refractivity contribution in [3.8, 4) is 5.75 Å². The molecule has 0 aromatic heterocycles. The van der Waals surface area contributed by atoms with Gasteiger partial charge in [0.2, 0.25) is 0 Å². The summed E-state index contributed by atoms with van der Waals surface area (Å²) in [6.45, 7) is 2.49. The first-order chi connectivity index (χ1) is 8.15. The highest BCUT2D eigenvalue weighted by Crippen LogP contribution is 2.30. The van der Waals surface area contributed by atoms with Gasteiger partial charge >= 0.3 is 5.97 Å². The highest BCUT2D eigenvalue weighted by molar-refractivity contribution is 5.92. The average molecular weight is 235 g/mol. The van der Waals surface area contributed by atoms with Gasteiger partial charge in [-0.1, -0.05) is 0 Å². The number of esters is 1. The number of nitrogens with two attached hydrogens (primary N) is 1. The number of fused-ring (bicyclic) bond motifs is 1. The summed E-state index contributed by atoms with van der Waals surface area (Å²) in [6, 6.07) is 3.80. The first-order valence-corrected chi connectivity index (χ1v) is 5.78. The Labute approximate surface area is 101 Å². The predicted octanol–water partition coefficient (Wildman–Crippen LogP) is 1.30. The SMILES string of the molecule is CCOc1cc2c(c(C(=O)OC)c1)CC(N)C2. The highest BCUT2D eigenvalue weighted by Gasteiger charge is 2.25. The van der Waals surface area contributed by atoms with Gasteiger partial charge in [-0.2, -0.15) is 0 Å². The van der Waals surface area contributed by atoms with Crippen LogP contribution in [0.15, 0.2) is 12.1 Å². The first kappa shape index (κ1) is 11.9. The van der Waals surface area contributed by atoms with Gasteiger partial charge in [0.25, 0.3) is 0 Å². The summed E-state index contributed by atoms with van der Waals surface area (Å²) in [7, 11) is 1.39. The average Bonchev–Trinajstić information content (AvgIpc) is 2.67. The van der Waals surface area contributed by atoms with Gasteiger partial charge < -0.3 is 15.2 Å². The zero-order valence-electron chi connectivity index (χ0n) is 10.2. The molecule has 1 aliphatic carbocycles. The van der Waals surface area contributed by atoms with Gasteiger partial charge in [-0.15, -0.1) is 0 Å². The lowest BCUT2D eigenvalue weighted by molar-refractivity contribution is 0.0599. The lowest BCUT2D eigenvalue weighted by Crippen LogP contribution is -2.19. The number of benzene rings is 1. The fourth-order valence-corrected chi connectivity index (χ4v) is 2.28. The highest BCUT2D eigenvalue weighted by atomic mass is 16.5. The minimum Gasteiger partial charge on any atom is -0.494 e. The van der Waals surface area contributed by atoms with Crippen LogP contribution in [0.2, 0.25) is 0 Å². The monoisotopic (exact) mass is 235 g/mol. The molecule has 0 amide bonds. The second-order valence-corrected chi connectivity index (χ2v) is 4.20. The molecule has 92 valence electrons. The second kappa shape index (κ2) is 4.75. The number of carbonyl (C=O) groups is 1. The molecule has 1 atom stereocenters. The van der Waals surface area contributed by atoms with Crippen LogP contribution in [0.25, 0.3) is 0 Å². The number of hydrogen-bond donors (Lipinski definition) is 1. The zero-order valence-corrected chi connectivity index (χ0v) is 10.2. The van der Waals surface area contributed by atoms with E-state index in [2.05, 4.69) is 0 Å². The summed E-state index contributed by atoms with van der Waals surface area (Å²) < 4.78 is 10.2. The number of ether oxygens (including phenoxy) is 2. The third kappa shape index (κ3) is 2.26. The van der Waals surface area contributed by atoms with E-state index in [-0.39, 0.29) is 12.0 Å². The summed E-state index contributed by atoms with van der Waals surface area (Å²) in [4.78, 5) is 11.7. The Balaban J connectivity index is 2.45. The van der Waals surface area contributed by atoms with E-state index in [1.54, 1.807) is 6.07 Å². The Morgan fingerprint density at radius 1 is 1.47 bits per heavy atom. The van der Waals surface area contributed by atoms with E-state index in [9.17, 15) is 4.79 Å². The minimum atomic E-state index is -0.322. The summed E-state index contributed by atoms with van der Waals surface area (Å²) >= 11 is 0. The van der Waals surface area contributed by atoms with E-state index in [1.807, 2.05) is 13.0 Å².